The summed E-state index contributed by atoms with van der Waals surface area (Å²) in [6.45, 7) is 1.30. The first-order chi connectivity index (χ1) is 14.3. The summed E-state index contributed by atoms with van der Waals surface area (Å²) in [5.74, 6) is 0. The largest absolute Gasteiger partial charge is 0.465 e. The fraction of sp³-hybridized carbons (Fsp3) is 0.429. The van der Waals surface area contributed by atoms with Crippen molar-refractivity contribution in [1.29, 1.82) is 0 Å². The topological polar surface area (TPSA) is 90.8 Å². The van der Waals surface area contributed by atoms with Gasteiger partial charge in [0.25, 0.3) is 0 Å². The maximum Gasteiger partial charge on any atom is 0.407 e. The van der Waals surface area contributed by atoms with Crippen molar-refractivity contribution in [3.05, 3.63) is 48.2 Å². The van der Waals surface area contributed by atoms with Crippen LogP contribution in [0.2, 0.25) is 0 Å². The molecule has 0 bridgehead atoms. The standard InChI is InChI=1S/C21H26FN3O4S/c1-30(28,29)19-5-3-17(4-6-19)20-7-2-16(14-23-20)15-25(13-10-22)18-8-11-24(12-9-18)21(26)27/h2-7,14,18H,8-13,15H2,1H3,(H,26,27). The van der Waals surface area contributed by atoms with Gasteiger partial charge in [-0.25, -0.2) is 17.6 Å². The van der Waals surface area contributed by atoms with Crippen LogP contribution in [-0.2, 0) is 16.4 Å². The zero-order valence-electron chi connectivity index (χ0n) is 16.9. The number of amides is 1. The molecule has 1 amide bonds. The first-order valence-corrected chi connectivity index (χ1v) is 11.7. The van der Waals surface area contributed by atoms with Crippen LogP contribution in [0.25, 0.3) is 11.3 Å². The Bertz CT molecular complexity index is 957. The lowest BCUT2D eigenvalue weighted by Gasteiger charge is -2.37. The molecule has 1 saturated heterocycles. The van der Waals surface area contributed by atoms with Crippen LogP contribution < -0.4 is 0 Å². The van der Waals surface area contributed by atoms with Crippen LogP contribution in [0.3, 0.4) is 0 Å². The van der Waals surface area contributed by atoms with E-state index in [9.17, 15) is 17.6 Å². The molecule has 162 valence electrons. The van der Waals surface area contributed by atoms with E-state index in [0.29, 0.717) is 39.0 Å². The van der Waals surface area contributed by atoms with Gasteiger partial charge in [-0.05, 0) is 36.6 Å². The molecule has 1 aromatic heterocycles. The van der Waals surface area contributed by atoms with Gasteiger partial charge in [-0.3, -0.25) is 9.88 Å². The maximum atomic E-state index is 13.1. The highest BCUT2D eigenvalue weighted by Crippen LogP contribution is 2.22. The van der Waals surface area contributed by atoms with Crippen molar-refractivity contribution in [2.75, 3.05) is 32.6 Å². The van der Waals surface area contributed by atoms with Gasteiger partial charge in [0.1, 0.15) is 6.67 Å². The third kappa shape index (κ3) is 5.54. The lowest BCUT2D eigenvalue weighted by Crippen LogP contribution is -2.46. The van der Waals surface area contributed by atoms with Crippen LogP contribution in [0.4, 0.5) is 9.18 Å². The van der Waals surface area contributed by atoms with Crippen LogP contribution in [0.1, 0.15) is 18.4 Å². The molecule has 0 spiro atoms. The Morgan fingerprint density at radius 2 is 1.87 bits per heavy atom. The van der Waals surface area contributed by atoms with Crippen LogP contribution in [-0.4, -0.2) is 73.0 Å². The monoisotopic (exact) mass is 435 g/mol. The number of carboxylic acid groups (broad SMARTS) is 1. The van der Waals surface area contributed by atoms with Crippen molar-refractivity contribution in [3.8, 4) is 11.3 Å². The highest BCUT2D eigenvalue weighted by molar-refractivity contribution is 7.90. The number of halogens is 1. The summed E-state index contributed by atoms with van der Waals surface area (Å²) in [7, 11) is -3.24. The summed E-state index contributed by atoms with van der Waals surface area (Å²) in [6, 6.07) is 10.5. The predicted molar refractivity (Wildman–Crippen MR) is 112 cm³/mol. The summed E-state index contributed by atoms with van der Waals surface area (Å²) >= 11 is 0. The SMILES string of the molecule is CS(=O)(=O)c1ccc(-c2ccc(CN(CCF)C3CCN(C(=O)O)CC3)cn2)cc1. The van der Waals surface area contributed by atoms with Crippen LogP contribution >= 0.6 is 0 Å². The number of rotatable bonds is 7. The zero-order valence-corrected chi connectivity index (χ0v) is 17.7. The van der Waals surface area contributed by atoms with Crippen molar-refractivity contribution >= 4 is 15.9 Å². The summed E-state index contributed by atoms with van der Waals surface area (Å²) in [5, 5.41) is 9.09. The van der Waals surface area contributed by atoms with E-state index in [1.165, 1.54) is 11.2 Å². The fourth-order valence-electron chi connectivity index (χ4n) is 3.72. The van der Waals surface area contributed by atoms with E-state index < -0.39 is 22.6 Å². The second-order valence-electron chi connectivity index (χ2n) is 7.51. The van der Waals surface area contributed by atoms with E-state index in [1.54, 1.807) is 30.5 Å². The van der Waals surface area contributed by atoms with Gasteiger partial charge in [-0.15, -0.1) is 0 Å². The predicted octanol–water partition coefficient (Wildman–Crippen LogP) is 3.07. The number of sulfone groups is 1. The molecular weight excluding hydrogens is 409 g/mol. The first-order valence-electron chi connectivity index (χ1n) is 9.81. The smallest absolute Gasteiger partial charge is 0.407 e. The lowest BCUT2D eigenvalue weighted by molar-refractivity contribution is 0.0875. The Morgan fingerprint density at radius 1 is 1.20 bits per heavy atom. The van der Waals surface area contributed by atoms with Crippen LogP contribution in [0.5, 0.6) is 0 Å². The van der Waals surface area contributed by atoms with Gasteiger partial charge in [-0.2, -0.15) is 0 Å². The summed E-state index contributed by atoms with van der Waals surface area (Å²) in [6.07, 6.45) is 3.38. The minimum Gasteiger partial charge on any atom is -0.465 e. The summed E-state index contributed by atoms with van der Waals surface area (Å²) in [5.41, 5.74) is 2.49. The van der Waals surface area contributed by atoms with Gasteiger partial charge in [0.2, 0.25) is 0 Å². The molecule has 1 N–H and O–H groups in total. The van der Waals surface area contributed by atoms with Gasteiger partial charge in [-0.1, -0.05) is 18.2 Å². The number of hydrogen-bond acceptors (Lipinski definition) is 5. The van der Waals surface area contributed by atoms with Gasteiger partial charge >= 0.3 is 6.09 Å². The zero-order chi connectivity index (χ0) is 21.7. The first kappa shape index (κ1) is 22.2. The van der Waals surface area contributed by atoms with Crippen molar-refractivity contribution in [2.24, 2.45) is 0 Å². The van der Waals surface area contributed by atoms with Crippen molar-refractivity contribution in [3.63, 3.8) is 0 Å². The van der Waals surface area contributed by atoms with Gasteiger partial charge in [0.05, 0.1) is 10.6 Å². The number of pyridine rings is 1. The van der Waals surface area contributed by atoms with E-state index in [0.717, 1.165) is 16.8 Å². The number of hydrogen-bond donors (Lipinski definition) is 1. The molecule has 1 aliphatic heterocycles. The molecule has 2 aromatic rings. The molecule has 0 unspecified atom stereocenters. The third-order valence-corrected chi connectivity index (χ3v) is 6.54. The third-order valence-electron chi connectivity index (χ3n) is 5.41. The molecule has 0 aliphatic carbocycles. The molecule has 30 heavy (non-hydrogen) atoms. The molecule has 1 fully saturated rings. The highest BCUT2D eigenvalue weighted by atomic mass is 32.2. The normalized spacial score (nSPS) is 15.5. The molecule has 0 radical (unpaired) electrons. The number of alkyl halides is 1. The van der Waals surface area contributed by atoms with Gasteiger partial charge in [0, 0.05) is 50.2 Å². The second kappa shape index (κ2) is 9.53. The number of aromatic nitrogens is 1. The minimum atomic E-state index is -3.24. The Kier molecular flexibility index (Phi) is 7.04. The fourth-order valence-corrected chi connectivity index (χ4v) is 4.35. The molecule has 9 heteroatoms. The molecule has 2 heterocycles. The van der Waals surface area contributed by atoms with E-state index in [2.05, 4.69) is 9.88 Å². The number of nitrogens with zero attached hydrogens (tertiary/aromatic N) is 3. The maximum absolute atomic E-state index is 13.1. The number of carbonyl (C=O) groups is 1. The Labute approximate surface area is 176 Å². The number of benzene rings is 1. The molecule has 1 aromatic carbocycles. The quantitative estimate of drug-likeness (QED) is 0.719. The van der Waals surface area contributed by atoms with E-state index in [-0.39, 0.29) is 10.9 Å². The second-order valence-corrected chi connectivity index (χ2v) is 9.52. The Morgan fingerprint density at radius 3 is 2.37 bits per heavy atom. The van der Waals surface area contributed by atoms with E-state index in [4.69, 9.17) is 5.11 Å². The molecule has 3 rings (SSSR count). The Hall–Kier alpha value is -2.52. The lowest BCUT2D eigenvalue weighted by atomic mass is 10.0. The van der Waals surface area contributed by atoms with Gasteiger partial charge in [0.15, 0.2) is 9.84 Å². The van der Waals surface area contributed by atoms with E-state index >= 15 is 0 Å². The molecule has 0 saturated carbocycles. The van der Waals surface area contributed by atoms with Crippen LogP contribution in [0.15, 0.2) is 47.5 Å². The Balaban J connectivity index is 1.66. The van der Waals surface area contributed by atoms with E-state index in [1.807, 2.05) is 12.1 Å². The van der Waals surface area contributed by atoms with Crippen LogP contribution in [0, 0.1) is 0 Å². The minimum absolute atomic E-state index is 0.138. The molecular formula is C21H26FN3O4S. The van der Waals surface area contributed by atoms with Crippen molar-refractivity contribution in [1.82, 2.24) is 14.8 Å². The van der Waals surface area contributed by atoms with Gasteiger partial charge < -0.3 is 10.0 Å². The van der Waals surface area contributed by atoms with Crippen molar-refractivity contribution < 1.29 is 22.7 Å². The number of piperidine rings is 1. The van der Waals surface area contributed by atoms with Crippen molar-refractivity contribution in [2.45, 2.75) is 30.3 Å². The molecule has 0 atom stereocenters. The average molecular weight is 436 g/mol. The molecule has 7 nitrogen and oxygen atoms in total. The number of likely N-dealkylation sites (tertiary alicyclic amines) is 1. The summed E-state index contributed by atoms with van der Waals surface area (Å²) in [4.78, 5) is 19.3. The molecule has 1 aliphatic rings. The summed E-state index contributed by atoms with van der Waals surface area (Å²) < 4.78 is 36.3. The average Bonchev–Trinajstić information content (AvgIpc) is 2.73. The highest BCUT2D eigenvalue weighted by Gasteiger charge is 2.26.